The van der Waals surface area contributed by atoms with Crippen LogP contribution in [0.3, 0.4) is 0 Å². The molecule has 4 N–H and O–H groups in total. The lowest BCUT2D eigenvalue weighted by molar-refractivity contribution is -0.153. The third-order valence-corrected chi connectivity index (χ3v) is 6.35. The Hall–Kier alpha value is -5.27. The van der Waals surface area contributed by atoms with Gasteiger partial charge in [0.1, 0.15) is 24.6 Å². The van der Waals surface area contributed by atoms with Crippen LogP contribution in [-0.2, 0) is 33.5 Å². The van der Waals surface area contributed by atoms with E-state index < -0.39 is 67.2 Å². The summed E-state index contributed by atoms with van der Waals surface area (Å²) in [6.45, 7) is 3.36. The highest BCUT2D eigenvalue weighted by atomic mass is 16.5. The minimum Gasteiger partial charge on any atom is -0.507 e. The molecule has 0 bridgehead atoms. The molecule has 0 radical (unpaired) electrons. The number of carboxylic acid groups (broad SMARTS) is 1. The maximum Gasteiger partial charge on any atom is 0.397 e. The Morgan fingerprint density at radius 2 is 1.71 bits per heavy atom. The van der Waals surface area contributed by atoms with Gasteiger partial charge in [0, 0.05) is 5.56 Å². The van der Waals surface area contributed by atoms with Crippen LogP contribution in [0.5, 0.6) is 5.75 Å². The molecule has 0 saturated carbocycles. The van der Waals surface area contributed by atoms with Gasteiger partial charge in [0.05, 0.1) is 37.0 Å². The van der Waals surface area contributed by atoms with Gasteiger partial charge in [-0.2, -0.15) is 0 Å². The zero-order valence-electron chi connectivity index (χ0n) is 23.1. The molecule has 14 nitrogen and oxygen atoms in total. The monoisotopic (exact) mass is 582 g/mol. The fourth-order valence-corrected chi connectivity index (χ4v) is 4.40. The molecule has 3 rings (SSSR count). The second-order valence-corrected chi connectivity index (χ2v) is 9.44. The molecular weight excluding hydrogens is 552 g/mol. The molecule has 0 aromatic heterocycles. The number of aliphatic carboxylic acids is 1. The average Bonchev–Trinajstić information content (AvgIpc) is 3.05. The van der Waals surface area contributed by atoms with Gasteiger partial charge >= 0.3 is 17.8 Å². The lowest BCUT2D eigenvalue weighted by Gasteiger charge is -2.25. The van der Waals surface area contributed by atoms with E-state index in [4.69, 9.17) is 9.84 Å². The van der Waals surface area contributed by atoms with Gasteiger partial charge in [-0.15, -0.1) is 0 Å². The lowest BCUT2D eigenvalue weighted by atomic mass is 10.0. The van der Waals surface area contributed by atoms with Crippen LogP contribution in [0.15, 0.2) is 36.4 Å². The molecule has 1 heterocycles. The van der Waals surface area contributed by atoms with E-state index in [0.717, 1.165) is 9.80 Å². The molecule has 0 spiro atoms. The van der Waals surface area contributed by atoms with Gasteiger partial charge in [-0.05, 0) is 56.2 Å². The predicted octanol–water partition coefficient (Wildman–Crippen LogP) is 0.209. The third kappa shape index (κ3) is 7.08. The van der Waals surface area contributed by atoms with Crippen LogP contribution in [0, 0.1) is 13.8 Å². The Morgan fingerprint density at radius 3 is 2.29 bits per heavy atom. The van der Waals surface area contributed by atoms with E-state index in [-0.39, 0.29) is 35.6 Å². The van der Waals surface area contributed by atoms with Crippen LogP contribution in [0.25, 0.3) is 0 Å². The van der Waals surface area contributed by atoms with Crippen molar-refractivity contribution in [2.24, 2.45) is 0 Å². The second-order valence-electron chi connectivity index (χ2n) is 9.44. The van der Waals surface area contributed by atoms with Gasteiger partial charge in [0.25, 0.3) is 11.8 Å². The number of esters is 1. The van der Waals surface area contributed by atoms with Crippen LogP contribution >= 0.6 is 0 Å². The van der Waals surface area contributed by atoms with E-state index >= 15 is 0 Å². The van der Waals surface area contributed by atoms with E-state index in [9.17, 15) is 38.7 Å². The van der Waals surface area contributed by atoms with Crippen molar-refractivity contribution in [1.82, 2.24) is 10.6 Å². The Labute approximate surface area is 240 Å². The van der Waals surface area contributed by atoms with Crippen molar-refractivity contribution in [2.45, 2.75) is 39.3 Å². The smallest absolute Gasteiger partial charge is 0.397 e. The van der Waals surface area contributed by atoms with Gasteiger partial charge < -0.3 is 30.4 Å². The van der Waals surface area contributed by atoms with E-state index in [1.54, 1.807) is 13.8 Å². The number of phenolic OH excluding ortho intramolecular Hbond substituents is 1. The molecule has 1 aliphatic heterocycles. The Bertz CT molecular complexity index is 1420. The molecule has 2 atom stereocenters. The van der Waals surface area contributed by atoms with Crippen LogP contribution in [0.1, 0.15) is 34.8 Å². The Kier molecular flexibility index (Phi) is 9.97. The van der Waals surface area contributed by atoms with Crippen molar-refractivity contribution in [2.75, 3.05) is 29.5 Å². The highest BCUT2D eigenvalue weighted by molar-refractivity contribution is 6.39. The van der Waals surface area contributed by atoms with E-state index in [2.05, 4.69) is 10.6 Å². The SMILES string of the molecule is CCOC(=O)C(=O)N1CC(NC(=O)c2cc(C)c(O)c(C)c2)C(=O)N(CC(=O)N[C@H](C=O)CC(=O)O)c2ccccc21. The number of hydrogen-bond acceptors (Lipinski definition) is 9. The molecule has 1 aliphatic rings. The molecular formula is C28H30N4O10. The first-order valence-electron chi connectivity index (χ1n) is 12.8. The molecule has 14 heteroatoms. The summed E-state index contributed by atoms with van der Waals surface area (Å²) in [5, 5.41) is 23.8. The lowest BCUT2D eigenvalue weighted by Crippen LogP contribution is -2.55. The van der Waals surface area contributed by atoms with Crippen molar-refractivity contribution in [3.8, 4) is 5.75 Å². The number of benzene rings is 2. The summed E-state index contributed by atoms with van der Waals surface area (Å²) in [6, 6.07) is 5.85. The Balaban J connectivity index is 2.04. The van der Waals surface area contributed by atoms with Crippen molar-refractivity contribution in [3.63, 3.8) is 0 Å². The van der Waals surface area contributed by atoms with Gasteiger partial charge in [0.15, 0.2) is 0 Å². The maximum absolute atomic E-state index is 13.9. The number of phenols is 1. The summed E-state index contributed by atoms with van der Waals surface area (Å²) in [6.07, 6.45) is -0.444. The average molecular weight is 583 g/mol. The zero-order valence-corrected chi connectivity index (χ0v) is 23.1. The first-order chi connectivity index (χ1) is 19.9. The fourth-order valence-electron chi connectivity index (χ4n) is 4.40. The number of hydrogen-bond donors (Lipinski definition) is 4. The number of carbonyl (C=O) groups excluding carboxylic acids is 6. The summed E-state index contributed by atoms with van der Waals surface area (Å²) in [7, 11) is 0. The topological polar surface area (TPSA) is 200 Å². The normalized spacial score (nSPS) is 15.1. The van der Waals surface area contributed by atoms with Gasteiger partial charge in [0.2, 0.25) is 5.91 Å². The van der Waals surface area contributed by atoms with Crippen LogP contribution < -0.4 is 20.4 Å². The Morgan fingerprint density at radius 1 is 1.10 bits per heavy atom. The molecule has 2 aromatic rings. The van der Waals surface area contributed by atoms with Crippen molar-refractivity contribution < 1.29 is 48.5 Å². The molecule has 2 aromatic carbocycles. The third-order valence-electron chi connectivity index (χ3n) is 6.35. The minimum atomic E-state index is -1.48. The number of anilines is 2. The number of carbonyl (C=O) groups is 7. The second kappa shape index (κ2) is 13.4. The first kappa shape index (κ1) is 31.3. The van der Waals surface area contributed by atoms with Crippen molar-refractivity contribution >= 4 is 53.2 Å². The number of fused-ring (bicyclic) bond motifs is 1. The van der Waals surface area contributed by atoms with E-state index in [0.29, 0.717) is 11.1 Å². The molecule has 1 unspecified atom stereocenters. The fraction of sp³-hybridized carbons (Fsp3) is 0.321. The quantitative estimate of drug-likeness (QED) is 0.180. The summed E-state index contributed by atoms with van der Waals surface area (Å²) < 4.78 is 4.86. The van der Waals surface area contributed by atoms with Crippen molar-refractivity contribution in [3.05, 3.63) is 53.1 Å². The number of carboxylic acids is 1. The number of nitrogens with zero attached hydrogens (tertiary/aromatic N) is 2. The number of para-hydroxylation sites is 2. The first-order valence-corrected chi connectivity index (χ1v) is 12.8. The number of nitrogens with one attached hydrogen (secondary N) is 2. The van der Waals surface area contributed by atoms with Crippen molar-refractivity contribution in [1.29, 1.82) is 0 Å². The maximum atomic E-state index is 13.9. The molecule has 0 aliphatic carbocycles. The number of aryl methyl sites for hydroxylation is 2. The molecule has 42 heavy (non-hydrogen) atoms. The summed E-state index contributed by atoms with van der Waals surface area (Å²) >= 11 is 0. The summed E-state index contributed by atoms with van der Waals surface area (Å²) in [4.78, 5) is 89.8. The number of aromatic hydroxyl groups is 1. The number of rotatable bonds is 9. The van der Waals surface area contributed by atoms with Crippen LogP contribution in [-0.4, -0.2) is 83.8 Å². The minimum absolute atomic E-state index is 0.00698. The highest BCUT2D eigenvalue weighted by Crippen LogP contribution is 2.33. The van der Waals surface area contributed by atoms with Gasteiger partial charge in [-0.25, -0.2) is 4.79 Å². The number of aldehydes is 1. The predicted molar refractivity (Wildman–Crippen MR) is 147 cm³/mol. The number of ether oxygens (including phenoxy) is 1. The molecule has 222 valence electrons. The molecule has 0 saturated heterocycles. The highest BCUT2D eigenvalue weighted by Gasteiger charge is 2.39. The zero-order chi connectivity index (χ0) is 31.1. The van der Waals surface area contributed by atoms with Gasteiger partial charge in [-0.1, -0.05) is 12.1 Å². The van der Waals surface area contributed by atoms with Gasteiger partial charge in [-0.3, -0.25) is 33.8 Å². The van der Waals surface area contributed by atoms with Crippen LogP contribution in [0.2, 0.25) is 0 Å². The summed E-state index contributed by atoms with van der Waals surface area (Å²) in [5.74, 6) is -6.13. The molecule has 4 amide bonds. The standard InChI is InChI=1S/C28H30N4O10/c1-4-42-28(41)27(40)31-12-19(30-25(38)17-9-15(2)24(37)16(3)10-17)26(39)32(21-8-6-5-7-20(21)31)13-22(34)29-18(14-33)11-23(35)36/h5-10,14,18-19,37H,4,11-13H2,1-3H3,(H,29,34)(H,30,38)(H,35,36)/t18-,19?/m0/s1. The number of amides is 4. The molecule has 0 fully saturated rings. The van der Waals surface area contributed by atoms with E-state index in [1.165, 1.54) is 43.3 Å². The van der Waals surface area contributed by atoms with Crippen LogP contribution in [0.4, 0.5) is 11.4 Å². The largest absolute Gasteiger partial charge is 0.507 e. The van der Waals surface area contributed by atoms with E-state index in [1.807, 2.05) is 0 Å². The summed E-state index contributed by atoms with van der Waals surface area (Å²) in [5.41, 5.74) is 1.01.